The van der Waals surface area contributed by atoms with E-state index in [9.17, 15) is 43.2 Å². The zero-order valence-corrected chi connectivity index (χ0v) is 15.3. The summed E-state index contributed by atoms with van der Waals surface area (Å²) >= 11 is 0. The zero-order chi connectivity index (χ0) is 23.4. The minimum Gasteiger partial charge on any atom is -0.260 e. The van der Waals surface area contributed by atoms with E-state index in [1.807, 2.05) is 0 Å². The molecule has 0 N–H and O–H groups in total. The maximum absolute atomic E-state index is 12.2. The standard InChI is InChI=1S/C12H4F6N4O6S2/c13-11(14,15)29(23,24)27-21-9(5-19)7-1-2-8(4-3-7)10(6-20)22-28-30(25,26)12(16,17)18/h1-4H/b21-9-,22-10+. The molecule has 1 rings (SSSR count). The molecule has 0 bridgehead atoms. The fourth-order valence-electron chi connectivity index (χ4n) is 1.32. The fourth-order valence-corrected chi connectivity index (χ4v) is 1.83. The third-order valence-corrected chi connectivity index (χ3v) is 4.34. The zero-order valence-electron chi connectivity index (χ0n) is 13.6. The van der Waals surface area contributed by atoms with Crippen LogP contribution in [0.4, 0.5) is 26.3 Å². The van der Waals surface area contributed by atoms with Gasteiger partial charge in [0.25, 0.3) is 0 Å². The van der Waals surface area contributed by atoms with Gasteiger partial charge in [-0.1, -0.05) is 34.6 Å². The molecule has 0 aliphatic rings. The van der Waals surface area contributed by atoms with Gasteiger partial charge in [0.15, 0.2) is 11.4 Å². The van der Waals surface area contributed by atoms with Crippen molar-refractivity contribution in [3.05, 3.63) is 35.4 Å². The number of nitriles is 2. The van der Waals surface area contributed by atoms with Crippen LogP contribution in [0.2, 0.25) is 0 Å². The fraction of sp³-hybridized carbons (Fsp3) is 0.167. The molecule has 0 unspecified atom stereocenters. The molecule has 0 fully saturated rings. The molecule has 30 heavy (non-hydrogen) atoms. The second kappa shape index (κ2) is 8.55. The molecule has 162 valence electrons. The van der Waals surface area contributed by atoms with E-state index in [-0.39, 0.29) is 11.1 Å². The van der Waals surface area contributed by atoms with Gasteiger partial charge in [-0.25, -0.2) is 0 Å². The lowest BCUT2D eigenvalue weighted by molar-refractivity contribution is -0.0545. The van der Waals surface area contributed by atoms with E-state index in [1.54, 1.807) is 0 Å². The van der Waals surface area contributed by atoms with Crippen molar-refractivity contribution in [2.45, 2.75) is 11.0 Å². The first-order valence-corrected chi connectivity index (χ1v) is 9.44. The van der Waals surface area contributed by atoms with E-state index >= 15 is 0 Å². The number of alkyl halides is 6. The van der Waals surface area contributed by atoms with Gasteiger partial charge in [0.2, 0.25) is 0 Å². The Kier molecular flexibility index (Phi) is 7.03. The van der Waals surface area contributed by atoms with Gasteiger partial charge in [-0.05, 0) is 0 Å². The molecule has 0 saturated heterocycles. The Hall–Kier alpha value is -3.38. The number of hydrogen-bond acceptors (Lipinski definition) is 10. The highest BCUT2D eigenvalue weighted by Crippen LogP contribution is 2.26. The lowest BCUT2D eigenvalue weighted by Crippen LogP contribution is -2.24. The van der Waals surface area contributed by atoms with Gasteiger partial charge in [-0.3, -0.25) is 8.57 Å². The van der Waals surface area contributed by atoms with Crippen LogP contribution in [0, 0.1) is 22.7 Å². The van der Waals surface area contributed by atoms with Crippen LogP contribution in [0.5, 0.6) is 0 Å². The van der Waals surface area contributed by atoms with Crippen LogP contribution in [-0.4, -0.2) is 39.3 Å². The van der Waals surface area contributed by atoms with Crippen LogP contribution >= 0.6 is 0 Å². The Bertz CT molecular complexity index is 1060. The highest BCUT2D eigenvalue weighted by Gasteiger charge is 2.49. The van der Waals surface area contributed by atoms with E-state index in [1.165, 1.54) is 12.1 Å². The average Bonchev–Trinajstić information content (AvgIpc) is 2.61. The van der Waals surface area contributed by atoms with Gasteiger partial charge in [-0.15, -0.1) is 0 Å². The number of benzene rings is 1. The highest BCUT2D eigenvalue weighted by atomic mass is 32.2. The molecular weight excluding hydrogens is 474 g/mol. The van der Waals surface area contributed by atoms with Gasteiger partial charge in [0, 0.05) is 11.1 Å². The minimum absolute atomic E-state index is 0.334. The molecule has 1 aromatic carbocycles. The molecule has 0 aliphatic heterocycles. The van der Waals surface area contributed by atoms with Crippen molar-refractivity contribution in [2.75, 3.05) is 0 Å². The third kappa shape index (κ3) is 5.81. The maximum Gasteiger partial charge on any atom is 0.536 e. The van der Waals surface area contributed by atoms with E-state index in [0.717, 1.165) is 24.3 Å². The largest absolute Gasteiger partial charge is 0.536 e. The van der Waals surface area contributed by atoms with Crippen LogP contribution in [0.15, 0.2) is 34.6 Å². The van der Waals surface area contributed by atoms with Gasteiger partial charge >= 0.3 is 31.3 Å². The smallest absolute Gasteiger partial charge is 0.260 e. The summed E-state index contributed by atoms with van der Waals surface area (Å²) in [6.45, 7) is 0. The summed E-state index contributed by atoms with van der Waals surface area (Å²) in [6, 6.07) is 5.94. The van der Waals surface area contributed by atoms with Gasteiger partial charge in [-0.2, -0.15) is 53.7 Å². The van der Waals surface area contributed by atoms with Crippen LogP contribution in [0.1, 0.15) is 11.1 Å². The van der Waals surface area contributed by atoms with Crippen LogP contribution < -0.4 is 0 Å². The first-order valence-electron chi connectivity index (χ1n) is 6.62. The summed E-state index contributed by atoms with van der Waals surface area (Å²) in [5.74, 6) is 0. The van der Waals surface area contributed by atoms with Crippen molar-refractivity contribution in [3.63, 3.8) is 0 Å². The second-order valence-corrected chi connectivity index (χ2v) is 7.67. The number of nitrogens with zero attached hydrogens (tertiary/aromatic N) is 4. The predicted octanol–water partition coefficient (Wildman–Crippen LogP) is 1.87. The summed E-state index contributed by atoms with van der Waals surface area (Å²) in [5.41, 5.74) is -14.2. The van der Waals surface area contributed by atoms with Crippen LogP contribution in [0.25, 0.3) is 0 Å². The van der Waals surface area contributed by atoms with E-state index in [0.29, 0.717) is 0 Å². The maximum atomic E-state index is 12.2. The summed E-state index contributed by atoms with van der Waals surface area (Å²) < 4.78 is 123. The van der Waals surface area contributed by atoms with Crippen molar-refractivity contribution in [1.82, 2.24) is 0 Å². The predicted molar refractivity (Wildman–Crippen MR) is 82.9 cm³/mol. The highest BCUT2D eigenvalue weighted by molar-refractivity contribution is 7.87. The molecule has 10 nitrogen and oxygen atoms in total. The Balaban J connectivity index is 3.17. The van der Waals surface area contributed by atoms with Crippen molar-refractivity contribution in [2.24, 2.45) is 10.3 Å². The molecule has 0 amide bonds. The Morgan fingerprint density at radius 3 is 1.20 bits per heavy atom. The van der Waals surface area contributed by atoms with E-state index < -0.39 is 42.7 Å². The molecule has 0 atom stereocenters. The Morgan fingerprint density at radius 1 is 0.733 bits per heavy atom. The topological polar surface area (TPSA) is 159 Å². The van der Waals surface area contributed by atoms with E-state index in [4.69, 9.17) is 10.5 Å². The van der Waals surface area contributed by atoms with Gasteiger partial charge in [0.1, 0.15) is 12.1 Å². The van der Waals surface area contributed by atoms with Crippen molar-refractivity contribution < 1.29 is 51.7 Å². The molecule has 0 saturated carbocycles. The summed E-state index contributed by atoms with van der Waals surface area (Å²) in [7, 11) is -12.3. The minimum atomic E-state index is -6.14. The van der Waals surface area contributed by atoms with Crippen molar-refractivity contribution >= 4 is 31.7 Å². The Labute approximate surface area is 163 Å². The molecule has 0 spiro atoms. The number of oxime groups is 2. The third-order valence-electron chi connectivity index (χ3n) is 2.66. The molecule has 0 aliphatic carbocycles. The number of rotatable bonds is 6. The van der Waals surface area contributed by atoms with Gasteiger partial charge < -0.3 is 0 Å². The average molecular weight is 478 g/mol. The second-order valence-electron chi connectivity index (χ2n) is 4.63. The molecule has 0 radical (unpaired) electrons. The molecular formula is C12H4F6N4O6S2. The van der Waals surface area contributed by atoms with Gasteiger partial charge in [0.05, 0.1) is 0 Å². The number of halogens is 6. The number of hydrogen-bond donors (Lipinski definition) is 0. The van der Waals surface area contributed by atoms with Crippen LogP contribution in [-0.2, 0) is 28.8 Å². The summed E-state index contributed by atoms with van der Waals surface area (Å²) in [5, 5.41) is 22.8. The van der Waals surface area contributed by atoms with E-state index in [2.05, 4.69) is 18.9 Å². The Morgan fingerprint density at radius 2 is 1.00 bits per heavy atom. The van der Waals surface area contributed by atoms with Crippen molar-refractivity contribution in [1.29, 1.82) is 10.5 Å². The summed E-state index contributed by atoms with van der Waals surface area (Å²) in [4.78, 5) is 0. The van der Waals surface area contributed by atoms with Crippen molar-refractivity contribution in [3.8, 4) is 12.1 Å². The van der Waals surface area contributed by atoms with Crippen LogP contribution in [0.3, 0.4) is 0 Å². The molecule has 1 aromatic rings. The monoisotopic (exact) mass is 478 g/mol. The lowest BCUT2D eigenvalue weighted by atomic mass is 10.1. The first kappa shape index (κ1) is 24.7. The molecule has 18 heteroatoms. The summed E-state index contributed by atoms with van der Waals surface area (Å²) in [6.07, 6.45) is 0. The lowest BCUT2D eigenvalue weighted by Gasteiger charge is -2.06. The normalized spacial score (nSPS) is 13.9. The SMILES string of the molecule is N#C/C(=N\OS(=O)(=O)C(F)(F)F)c1ccc(/C(C#N)=N\OS(=O)(=O)C(F)(F)F)cc1. The first-order chi connectivity index (χ1) is 13.6. The molecule has 0 aromatic heterocycles. The molecule has 0 heterocycles. The quantitative estimate of drug-likeness (QED) is 0.259.